The van der Waals surface area contributed by atoms with Crippen molar-refractivity contribution in [3.63, 3.8) is 0 Å². The fourth-order valence-electron chi connectivity index (χ4n) is 1.90. The molecule has 0 saturated carbocycles. The van der Waals surface area contributed by atoms with Crippen LogP contribution in [0.1, 0.15) is 51.0 Å². The Balaban J connectivity index is 2.24. The summed E-state index contributed by atoms with van der Waals surface area (Å²) in [7, 11) is 0. The number of rotatable bonds is 10. The van der Waals surface area contributed by atoms with Gasteiger partial charge in [-0.2, -0.15) is 0 Å². The highest BCUT2D eigenvalue weighted by atomic mass is 19.2. The lowest BCUT2D eigenvalue weighted by atomic mass is 10.2. The predicted octanol–water partition coefficient (Wildman–Crippen LogP) is 4.05. The lowest BCUT2D eigenvalue weighted by molar-refractivity contribution is -0.151. The summed E-state index contributed by atoms with van der Waals surface area (Å²) in [5.41, 5.74) is -0.277. The molecule has 0 saturated heterocycles. The van der Waals surface area contributed by atoms with E-state index in [2.05, 4.69) is 6.92 Å². The van der Waals surface area contributed by atoms with E-state index in [0.29, 0.717) is 18.7 Å². The van der Waals surface area contributed by atoms with Crippen molar-refractivity contribution in [2.24, 2.45) is 0 Å². The topological polar surface area (TPSA) is 52.6 Å². The van der Waals surface area contributed by atoms with E-state index in [9.17, 15) is 22.8 Å². The van der Waals surface area contributed by atoms with Crippen molar-refractivity contribution in [1.29, 1.82) is 0 Å². The average Bonchev–Trinajstić information content (AvgIpc) is 2.54. The third-order valence-corrected chi connectivity index (χ3v) is 3.27. The second kappa shape index (κ2) is 10.7. The Morgan fingerprint density at radius 3 is 2.17 bits per heavy atom. The van der Waals surface area contributed by atoms with Crippen LogP contribution >= 0.6 is 0 Å². The van der Waals surface area contributed by atoms with Crippen LogP contribution in [0.5, 0.6) is 0 Å². The fourth-order valence-corrected chi connectivity index (χ4v) is 1.90. The molecule has 0 aliphatic rings. The van der Waals surface area contributed by atoms with Gasteiger partial charge in [-0.3, -0.25) is 9.59 Å². The van der Waals surface area contributed by atoms with Gasteiger partial charge < -0.3 is 9.47 Å². The molecule has 24 heavy (non-hydrogen) atoms. The Bertz CT molecular complexity index is 561. The molecule has 0 atom stereocenters. The molecule has 0 aliphatic heterocycles. The van der Waals surface area contributed by atoms with Crippen LogP contribution in [0.2, 0.25) is 0 Å². The van der Waals surface area contributed by atoms with Gasteiger partial charge in [-0.05, 0) is 12.5 Å². The minimum absolute atomic E-state index is 0.146. The van der Waals surface area contributed by atoms with E-state index in [0.717, 1.165) is 25.7 Å². The van der Waals surface area contributed by atoms with Crippen molar-refractivity contribution >= 4 is 11.9 Å². The third kappa shape index (κ3) is 7.48. The molecule has 0 N–H and O–H groups in total. The highest BCUT2D eigenvalue weighted by Gasteiger charge is 2.13. The van der Waals surface area contributed by atoms with Gasteiger partial charge in [-0.15, -0.1) is 0 Å². The zero-order valence-corrected chi connectivity index (χ0v) is 13.6. The van der Waals surface area contributed by atoms with Crippen LogP contribution < -0.4 is 0 Å². The van der Waals surface area contributed by atoms with Gasteiger partial charge in [0.2, 0.25) is 0 Å². The zero-order chi connectivity index (χ0) is 17.9. The maximum atomic E-state index is 13.4. The number of carbonyl (C=O) groups is 2. The first kappa shape index (κ1) is 20.0. The van der Waals surface area contributed by atoms with Crippen molar-refractivity contribution in [2.75, 3.05) is 6.61 Å². The number of unbranched alkanes of at least 4 members (excludes halogenated alkanes) is 3. The molecule has 0 radical (unpaired) electrons. The molecule has 1 aromatic rings. The minimum atomic E-state index is -1.32. The normalized spacial score (nSPS) is 10.5. The Morgan fingerprint density at radius 2 is 1.50 bits per heavy atom. The fraction of sp³-hybridized carbons (Fsp3) is 0.529. The van der Waals surface area contributed by atoms with Crippen molar-refractivity contribution < 1.29 is 32.2 Å². The highest BCUT2D eigenvalue weighted by Crippen LogP contribution is 2.15. The number of benzene rings is 1. The van der Waals surface area contributed by atoms with Crippen molar-refractivity contribution in [3.05, 3.63) is 35.1 Å². The van der Waals surface area contributed by atoms with E-state index in [1.165, 1.54) is 0 Å². The van der Waals surface area contributed by atoms with Crippen molar-refractivity contribution in [1.82, 2.24) is 0 Å². The maximum Gasteiger partial charge on any atom is 0.306 e. The van der Waals surface area contributed by atoms with Gasteiger partial charge in [0.15, 0.2) is 11.6 Å². The number of hydrogen-bond donors (Lipinski definition) is 0. The Hall–Kier alpha value is -2.05. The van der Waals surface area contributed by atoms with Gasteiger partial charge in [-0.1, -0.05) is 26.2 Å². The SMILES string of the molecule is CCCCCCOC(=O)CCC(=O)OCc1cc(F)c(F)cc1F. The Labute approximate surface area is 138 Å². The maximum absolute atomic E-state index is 13.4. The molecule has 134 valence electrons. The molecule has 0 bridgehead atoms. The van der Waals surface area contributed by atoms with E-state index in [1.54, 1.807) is 0 Å². The molecule has 0 spiro atoms. The molecule has 1 rings (SSSR count). The second-order valence-electron chi connectivity index (χ2n) is 5.30. The lowest BCUT2D eigenvalue weighted by Crippen LogP contribution is -2.11. The molecular formula is C17H21F3O4. The number of esters is 2. The van der Waals surface area contributed by atoms with Crippen LogP contribution in [0.4, 0.5) is 13.2 Å². The molecule has 0 aliphatic carbocycles. The summed E-state index contributed by atoms with van der Waals surface area (Å²) in [5, 5.41) is 0. The van der Waals surface area contributed by atoms with Gasteiger partial charge >= 0.3 is 11.9 Å². The van der Waals surface area contributed by atoms with E-state index >= 15 is 0 Å². The molecule has 1 aromatic carbocycles. The number of ether oxygens (including phenoxy) is 2. The average molecular weight is 346 g/mol. The molecule has 4 nitrogen and oxygen atoms in total. The summed E-state index contributed by atoms with van der Waals surface area (Å²) in [6.07, 6.45) is 3.54. The molecular weight excluding hydrogens is 325 g/mol. The Kier molecular flexibility index (Phi) is 8.89. The molecule has 7 heteroatoms. The summed E-state index contributed by atoms with van der Waals surface area (Å²) in [6, 6.07) is 1.01. The summed E-state index contributed by atoms with van der Waals surface area (Å²) >= 11 is 0. The zero-order valence-electron chi connectivity index (χ0n) is 13.6. The van der Waals surface area contributed by atoms with Crippen LogP contribution in [-0.4, -0.2) is 18.5 Å². The molecule has 0 heterocycles. The van der Waals surface area contributed by atoms with E-state index in [4.69, 9.17) is 9.47 Å². The molecule has 0 amide bonds. The molecule has 0 fully saturated rings. The van der Waals surface area contributed by atoms with E-state index in [1.807, 2.05) is 0 Å². The van der Waals surface area contributed by atoms with Crippen LogP contribution in [0.3, 0.4) is 0 Å². The van der Waals surface area contributed by atoms with Crippen LogP contribution in [0.15, 0.2) is 12.1 Å². The van der Waals surface area contributed by atoms with Crippen LogP contribution in [0, 0.1) is 17.5 Å². The number of halogens is 3. The molecule has 0 unspecified atom stereocenters. The van der Waals surface area contributed by atoms with Crippen molar-refractivity contribution in [2.45, 2.75) is 52.1 Å². The van der Waals surface area contributed by atoms with Crippen LogP contribution in [0.25, 0.3) is 0 Å². The molecule has 0 aromatic heterocycles. The van der Waals surface area contributed by atoms with E-state index in [-0.39, 0.29) is 18.4 Å². The number of carbonyl (C=O) groups excluding carboxylic acids is 2. The summed E-state index contributed by atoms with van der Waals surface area (Å²) < 4.78 is 48.8. The monoisotopic (exact) mass is 346 g/mol. The first-order valence-corrected chi connectivity index (χ1v) is 7.88. The van der Waals surface area contributed by atoms with E-state index < -0.39 is 36.0 Å². The smallest absolute Gasteiger partial charge is 0.306 e. The largest absolute Gasteiger partial charge is 0.466 e. The standard InChI is InChI=1S/C17H21F3O4/c1-2-3-4-5-8-23-16(21)6-7-17(22)24-11-12-9-14(19)15(20)10-13(12)18/h9-10H,2-8,11H2,1H3. The lowest BCUT2D eigenvalue weighted by Gasteiger charge is -2.07. The highest BCUT2D eigenvalue weighted by molar-refractivity contribution is 5.77. The summed E-state index contributed by atoms with van der Waals surface area (Å²) in [6.45, 7) is 1.85. The van der Waals surface area contributed by atoms with Crippen molar-refractivity contribution in [3.8, 4) is 0 Å². The minimum Gasteiger partial charge on any atom is -0.466 e. The van der Waals surface area contributed by atoms with Gasteiger partial charge in [0.25, 0.3) is 0 Å². The van der Waals surface area contributed by atoms with Gasteiger partial charge in [-0.25, -0.2) is 13.2 Å². The van der Waals surface area contributed by atoms with Gasteiger partial charge in [0.1, 0.15) is 12.4 Å². The second-order valence-corrected chi connectivity index (χ2v) is 5.30. The van der Waals surface area contributed by atoms with Gasteiger partial charge in [0.05, 0.1) is 19.4 Å². The summed E-state index contributed by atoms with van der Waals surface area (Å²) in [5.74, 6) is -4.81. The first-order chi connectivity index (χ1) is 11.4. The third-order valence-electron chi connectivity index (χ3n) is 3.27. The predicted molar refractivity (Wildman–Crippen MR) is 80.4 cm³/mol. The Morgan fingerprint density at radius 1 is 0.875 bits per heavy atom. The quantitative estimate of drug-likeness (QED) is 0.364. The summed E-state index contributed by atoms with van der Waals surface area (Å²) in [4.78, 5) is 22.9. The number of hydrogen-bond acceptors (Lipinski definition) is 4. The van der Waals surface area contributed by atoms with Crippen LogP contribution in [-0.2, 0) is 25.7 Å². The first-order valence-electron chi connectivity index (χ1n) is 7.88. The van der Waals surface area contributed by atoms with Gasteiger partial charge in [0, 0.05) is 11.6 Å².